The van der Waals surface area contributed by atoms with Crippen LogP contribution in [0.4, 0.5) is 0 Å². The maximum Gasteiger partial charge on any atom is 0.490 e. The Morgan fingerprint density at radius 1 is 0.800 bits per heavy atom. The van der Waals surface area contributed by atoms with Gasteiger partial charge in [0, 0.05) is 5.02 Å². The molecule has 1 aliphatic heterocycles. The summed E-state index contributed by atoms with van der Waals surface area (Å²) in [6, 6.07) is 18.2. The highest BCUT2D eigenvalue weighted by Gasteiger charge is 2.52. The van der Waals surface area contributed by atoms with Gasteiger partial charge in [0.2, 0.25) is 0 Å². The molecular weight excluding hydrogens is 330 g/mol. The number of hydrogen-bond donors (Lipinski definition) is 0. The maximum absolute atomic E-state index is 6.27. The summed E-state index contributed by atoms with van der Waals surface area (Å²) < 4.78 is 12.5. The lowest BCUT2D eigenvalue weighted by atomic mass is 9.73. The fraction of sp³-hybridized carbons (Fsp3) is 0.333. The van der Waals surface area contributed by atoms with Crippen molar-refractivity contribution in [1.82, 2.24) is 0 Å². The number of rotatable bonds is 3. The van der Waals surface area contributed by atoms with Crippen molar-refractivity contribution >= 4 is 24.3 Å². The first-order chi connectivity index (χ1) is 11.7. The van der Waals surface area contributed by atoms with Crippen LogP contribution in [0.15, 0.2) is 60.1 Å². The number of halogens is 1. The van der Waals surface area contributed by atoms with Crippen molar-refractivity contribution in [2.75, 3.05) is 0 Å². The minimum Gasteiger partial charge on any atom is -0.400 e. The topological polar surface area (TPSA) is 18.5 Å². The Morgan fingerprint density at radius 3 is 1.80 bits per heavy atom. The fourth-order valence-corrected chi connectivity index (χ4v) is 3.11. The van der Waals surface area contributed by atoms with E-state index in [1.165, 1.54) is 0 Å². The van der Waals surface area contributed by atoms with Crippen LogP contribution >= 0.6 is 11.6 Å². The lowest BCUT2D eigenvalue weighted by Crippen LogP contribution is -2.41. The normalized spacial score (nSPS) is 19.7. The van der Waals surface area contributed by atoms with Crippen LogP contribution in [0.5, 0.6) is 0 Å². The summed E-state index contributed by atoms with van der Waals surface area (Å²) in [5, 5.41) is 0.726. The van der Waals surface area contributed by atoms with Crippen LogP contribution in [0.3, 0.4) is 0 Å². The molecule has 0 saturated carbocycles. The highest BCUT2D eigenvalue weighted by molar-refractivity contribution is 6.56. The van der Waals surface area contributed by atoms with Gasteiger partial charge in [-0.05, 0) is 68.9 Å². The van der Waals surface area contributed by atoms with E-state index < -0.39 is 0 Å². The van der Waals surface area contributed by atoms with E-state index in [-0.39, 0.29) is 18.3 Å². The van der Waals surface area contributed by atoms with E-state index in [1.807, 2.05) is 42.5 Å². The predicted octanol–water partition coefficient (Wildman–Crippen LogP) is 5.79. The van der Waals surface area contributed by atoms with Gasteiger partial charge in [-0.1, -0.05) is 54.1 Å². The number of allylic oxidation sites excluding steroid dienone is 1. The van der Waals surface area contributed by atoms with Crippen molar-refractivity contribution in [1.29, 1.82) is 0 Å². The Labute approximate surface area is 156 Å². The summed E-state index contributed by atoms with van der Waals surface area (Å²) >= 11 is 6.08. The molecule has 0 aromatic heterocycles. The van der Waals surface area contributed by atoms with Crippen molar-refractivity contribution < 1.29 is 9.31 Å². The van der Waals surface area contributed by atoms with Crippen LogP contribution in [-0.4, -0.2) is 18.3 Å². The molecule has 1 heterocycles. The van der Waals surface area contributed by atoms with Crippen molar-refractivity contribution in [2.45, 2.75) is 45.8 Å². The Balaban J connectivity index is 2.11. The predicted molar refractivity (Wildman–Crippen MR) is 106 cm³/mol. The van der Waals surface area contributed by atoms with Crippen LogP contribution in [0.2, 0.25) is 5.02 Å². The molecule has 3 rings (SSSR count). The van der Waals surface area contributed by atoms with Gasteiger partial charge in [-0.3, -0.25) is 0 Å². The largest absolute Gasteiger partial charge is 0.490 e. The van der Waals surface area contributed by atoms with Gasteiger partial charge in [-0.25, -0.2) is 0 Å². The molecular formula is C21H24BClO2. The Kier molecular flexibility index (Phi) is 4.85. The van der Waals surface area contributed by atoms with Crippen LogP contribution in [0.25, 0.3) is 5.57 Å². The average Bonchev–Trinajstić information content (AvgIpc) is 2.78. The average molecular weight is 355 g/mol. The van der Waals surface area contributed by atoms with Gasteiger partial charge in [0.25, 0.3) is 0 Å². The molecule has 1 saturated heterocycles. The van der Waals surface area contributed by atoms with E-state index in [4.69, 9.17) is 20.9 Å². The lowest BCUT2D eigenvalue weighted by Gasteiger charge is -2.32. The van der Waals surface area contributed by atoms with Gasteiger partial charge in [-0.15, -0.1) is 0 Å². The molecule has 25 heavy (non-hydrogen) atoms. The first-order valence-corrected chi connectivity index (χ1v) is 8.97. The molecule has 0 radical (unpaired) electrons. The maximum atomic E-state index is 6.27. The molecule has 0 aliphatic carbocycles. The molecule has 0 spiro atoms. The lowest BCUT2D eigenvalue weighted by molar-refractivity contribution is 0.00578. The van der Waals surface area contributed by atoms with Crippen LogP contribution in [0, 0.1) is 0 Å². The third-order valence-electron chi connectivity index (χ3n) is 5.20. The molecule has 4 heteroatoms. The van der Waals surface area contributed by atoms with E-state index in [0.29, 0.717) is 0 Å². The van der Waals surface area contributed by atoms with Gasteiger partial charge >= 0.3 is 7.12 Å². The highest BCUT2D eigenvalue weighted by atomic mass is 35.5. The van der Waals surface area contributed by atoms with Crippen LogP contribution < -0.4 is 0 Å². The van der Waals surface area contributed by atoms with E-state index in [0.717, 1.165) is 27.2 Å². The summed E-state index contributed by atoms with van der Waals surface area (Å²) in [7, 11) is -0.379. The van der Waals surface area contributed by atoms with Crippen molar-refractivity contribution in [3.63, 3.8) is 0 Å². The molecule has 1 aliphatic rings. The van der Waals surface area contributed by atoms with E-state index in [9.17, 15) is 0 Å². The fourth-order valence-electron chi connectivity index (χ4n) is 2.98. The second-order valence-corrected chi connectivity index (χ2v) is 7.96. The smallest absolute Gasteiger partial charge is 0.400 e. The van der Waals surface area contributed by atoms with Crippen molar-refractivity contribution in [3.05, 3.63) is 76.2 Å². The minimum atomic E-state index is -0.379. The molecule has 0 unspecified atom stereocenters. The van der Waals surface area contributed by atoms with E-state index in [2.05, 4.69) is 46.8 Å². The minimum absolute atomic E-state index is 0.360. The van der Waals surface area contributed by atoms with Crippen molar-refractivity contribution in [3.8, 4) is 0 Å². The zero-order chi connectivity index (χ0) is 18.2. The van der Waals surface area contributed by atoms with Gasteiger partial charge in [0.1, 0.15) is 0 Å². The van der Waals surface area contributed by atoms with Gasteiger partial charge in [-0.2, -0.15) is 0 Å². The Hall–Kier alpha value is -1.55. The van der Waals surface area contributed by atoms with Gasteiger partial charge in [0.05, 0.1) is 11.2 Å². The van der Waals surface area contributed by atoms with E-state index >= 15 is 0 Å². The SMILES string of the molecule is C/C(B1OC(C)(C)C(C)(C)O1)=C(/c1ccccc1)c1ccc(Cl)cc1. The molecule has 1 fully saturated rings. The Morgan fingerprint density at radius 2 is 1.28 bits per heavy atom. The summed E-state index contributed by atoms with van der Waals surface area (Å²) in [5.74, 6) is 0. The second kappa shape index (κ2) is 6.64. The first kappa shape index (κ1) is 18.3. The van der Waals surface area contributed by atoms with Gasteiger partial charge in [0.15, 0.2) is 0 Å². The van der Waals surface area contributed by atoms with E-state index in [1.54, 1.807) is 0 Å². The Bertz CT molecular complexity index is 763. The van der Waals surface area contributed by atoms with Gasteiger partial charge < -0.3 is 9.31 Å². The molecule has 2 nitrogen and oxygen atoms in total. The van der Waals surface area contributed by atoms with Crippen molar-refractivity contribution in [2.24, 2.45) is 0 Å². The molecule has 2 aromatic rings. The number of benzene rings is 2. The summed E-state index contributed by atoms with van der Waals surface area (Å²) in [6.45, 7) is 10.4. The summed E-state index contributed by atoms with van der Waals surface area (Å²) in [4.78, 5) is 0. The zero-order valence-electron chi connectivity index (χ0n) is 15.5. The molecule has 0 bridgehead atoms. The summed E-state index contributed by atoms with van der Waals surface area (Å²) in [5.41, 5.74) is 3.70. The number of hydrogen-bond acceptors (Lipinski definition) is 2. The second-order valence-electron chi connectivity index (χ2n) is 7.52. The summed E-state index contributed by atoms with van der Waals surface area (Å²) in [6.07, 6.45) is 0. The molecule has 2 aromatic carbocycles. The third kappa shape index (κ3) is 3.55. The van der Waals surface area contributed by atoms with Crippen LogP contribution in [-0.2, 0) is 9.31 Å². The molecule has 130 valence electrons. The van der Waals surface area contributed by atoms with Crippen LogP contribution in [0.1, 0.15) is 45.7 Å². The quantitative estimate of drug-likeness (QED) is 0.649. The molecule has 0 N–H and O–H groups in total. The standard InChI is InChI=1S/C21H24BClO2/c1-15(22-24-20(2,3)21(4,5)25-22)19(16-9-7-6-8-10-16)17-11-13-18(23)14-12-17/h6-14H,1-5H3/b19-15+. The first-order valence-electron chi connectivity index (χ1n) is 8.59. The monoisotopic (exact) mass is 354 g/mol. The molecule has 0 atom stereocenters. The zero-order valence-corrected chi connectivity index (χ0v) is 16.2. The molecule has 0 amide bonds. The third-order valence-corrected chi connectivity index (χ3v) is 5.45. The highest BCUT2D eigenvalue weighted by Crippen LogP contribution is 2.40.